The molecule has 2 N–H and O–H groups in total. The van der Waals surface area contributed by atoms with Crippen molar-refractivity contribution in [3.05, 3.63) is 69.5 Å². The highest BCUT2D eigenvalue weighted by molar-refractivity contribution is 9.10. The van der Waals surface area contributed by atoms with E-state index in [2.05, 4.69) is 21.2 Å². The summed E-state index contributed by atoms with van der Waals surface area (Å²) in [4.78, 5) is 25.1. The third-order valence-electron chi connectivity index (χ3n) is 8.08. The summed E-state index contributed by atoms with van der Waals surface area (Å²) in [7, 11) is -3.40. The lowest BCUT2D eigenvalue weighted by molar-refractivity contribution is -0.147. The Labute approximate surface area is 270 Å². The van der Waals surface area contributed by atoms with Crippen LogP contribution in [0.25, 0.3) is 10.4 Å². The molecule has 0 unspecified atom stereocenters. The number of rotatable bonds is 12. The molecular weight excluding hydrogens is 668 g/mol. The second-order valence-electron chi connectivity index (χ2n) is 11.3. The molecule has 2 aromatic carbocycles. The van der Waals surface area contributed by atoms with Crippen molar-refractivity contribution in [2.75, 3.05) is 31.6 Å². The first-order valence-corrected chi connectivity index (χ1v) is 18.1. The molecule has 236 valence electrons. The van der Waals surface area contributed by atoms with Gasteiger partial charge in [-0.05, 0) is 70.8 Å². The molecule has 1 saturated carbocycles. The van der Waals surface area contributed by atoms with Gasteiger partial charge in [0.2, 0.25) is 10.0 Å². The van der Waals surface area contributed by atoms with Crippen molar-refractivity contribution >= 4 is 54.9 Å². The number of carbonyl (C=O) groups excluding carboxylic acids is 1. The molecule has 0 radical (unpaired) electrons. The number of nitrogens with zero attached hydrogens (tertiary/aromatic N) is 1. The van der Waals surface area contributed by atoms with Crippen LogP contribution >= 0.6 is 27.3 Å². The maximum Gasteiger partial charge on any atom is 0.349 e. The van der Waals surface area contributed by atoms with Crippen molar-refractivity contribution < 1.29 is 32.6 Å². The number of carboxylic acid groups (broad SMARTS) is 1. The van der Waals surface area contributed by atoms with Gasteiger partial charge in [-0.25, -0.2) is 22.3 Å². The van der Waals surface area contributed by atoms with Crippen LogP contribution in [0.4, 0.5) is 5.69 Å². The number of benzene rings is 2. The van der Waals surface area contributed by atoms with Gasteiger partial charge < -0.3 is 19.9 Å². The van der Waals surface area contributed by atoms with Gasteiger partial charge in [0.1, 0.15) is 0 Å². The molecule has 2 heterocycles. The maximum absolute atomic E-state index is 12.9. The third kappa shape index (κ3) is 8.41. The molecule has 3 aromatic rings. The molecule has 1 aromatic heterocycles. The summed E-state index contributed by atoms with van der Waals surface area (Å²) >= 11 is 4.59. The van der Waals surface area contributed by atoms with Crippen LogP contribution in [0.5, 0.6) is 5.75 Å². The van der Waals surface area contributed by atoms with Gasteiger partial charge in [0.05, 0.1) is 21.7 Å². The van der Waals surface area contributed by atoms with E-state index in [-0.39, 0.29) is 29.0 Å². The zero-order chi connectivity index (χ0) is 31.1. The number of nitrogens with one attached hydrogen (secondary N) is 1. The van der Waals surface area contributed by atoms with E-state index in [0.717, 1.165) is 53.8 Å². The average Bonchev–Trinajstić information content (AvgIpc) is 3.36. The first kappa shape index (κ1) is 32.5. The van der Waals surface area contributed by atoms with Crippen LogP contribution in [0.3, 0.4) is 0 Å². The van der Waals surface area contributed by atoms with Gasteiger partial charge in [0, 0.05) is 24.8 Å². The van der Waals surface area contributed by atoms with E-state index >= 15 is 0 Å². The monoisotopic (exact) mass is 704 g/mol. The fourth-order valence-corrected chi connectivity index (χ4v) is 9.18. The fourth-order valence-electron chi connectivity index (χ4n) is 5.73. The quantitative estimate of drug-likeness (QED) is 0.198. The maximum atomic E-state index is 12.9. The third-order valence-corrected chi connectivity index (χ3v) is 12.2. The van der Waals surface area contributed by atoms with E-state index in [1.165, 1.54) is 6.42 Å². The number of anilines is 1. The normalized spacial score (nSPS) is 16.8. The Morgan fingerprint density at radius 1 is 1.00 bits per heavy atom. The van der Waals surface area contributed by atoms with E-state index in [1.807, 2.05) is 54.6 Å². The summed E-state index contributed by atoms with van der Waals surface area (Å²) in [5.74, 6) is -1.18. The topological polar surface area (TPSA) is 122 Å². The number of hydrogen-bond donors (Lipinski definition) is 2. The number of aromatic carboxylic acids is 1. The molecule has 1 aliphatic heterocycles. The van der Waals surface area contributed by atoms with Crippen LogP contribution in [0.1, 0.15) is 60.2 Å². The molecule has 12 heteroatoms. The van der Waals surface area contributed by atoms with Crippen molar-refractivity contribution in [1.82, 2.24) is 4.31 Å². The van der Waals surface area contributed by atoms with E-state index in [4.69, 9.17) is 9.47 Å². The lowest BCUT2D eigenvalue weighted by Gasteiger charge is -2.32. The van der Waals surface area contributed by atoms with Crippen LogP contribution in [-0.4, -0.2) is 62.1 Å². The molecule has 0 bridgehead atoms. The number of carboxylic acids is 1. The summed E-state index contributed by atoms with van der Waals surface area (Å²) < 4.78 is 39.0. The predicted octanol–water partition coefficient (Wildman–Crippen LogP) is 6.78. The van der Waals surface area contributed by atoms with Gasteiger partial charge in [0.15, 0.2) is 17.2 Å². The van der Waals surface area contributed by atoms with Gasteiger partial charge in [-0.3, -0.25) is 0 Å². The molecule has 44 heavy (non-hydrogen) atoms. The summed E-state index contributed by atoms with van der Waals surface area (Å²) in [5, 5.41) is 13.4. The minimum atomic E-state index is -3.40. The highest BCUT2D eigenvalue weighted by atomic mass is 79.9. The van der Waals surface area contributed by atoms with E-state index in [0.29, 0.717) is 47.8 Å². The number of ether oxygens (including phenoxy) is 2. The Hall–Kier alpha value is -2.93. The number of piperidine rings is 1. The molecule has 0 atom stereocenters. The second-order valence-corrected chi connectivity index (χ2v) is 15.1. The first-order chi connectivity index (χ1) is 21.2. The molecule has 2 aliphatic rings. The van der Waals surface area contributed by atoms with Crippen LogP contribution in [0, 0.1) is 5.92 Å². The number of carbonyl (C=O) groups is 2. The van der Waals surface area contributed by atoms with Crippen LogP contribution < -0.4 is 10.1 Å². The van der Waals surface area contributed by atoms with Gasteiger partial charge in [-0.15, -0.1) is 11.3 Å². The number of sulfonamides is 1. The Balaban J connectivity index is 1.19. The van der Waals surface area contributed by atoms with Crippen molar-refractivity contribution in [1.29, 1.82) is 0 Å². The van der Waals surface area contributed by atoms with Crippen LogP contribution in [0.15, 0.2) is 59.1 Å². The fraction of sp³-hybridized carbons (Fsp3) is 0.438. The minimum absolute atomic E-state index is 0.00461. The lowest BCUT2D eigenvalue weighted by atomic mass is 9.90. The van der Waals surface area contributed by atoms with Crippen molar-refractivity contribution in [2.45, 2.75) is 56.7 Å². The van der Waals surface area contributed by atoms with Gasteiger partial charge in [-0.1, -0.05) is 61.7 Å². The molecule has 1 aliphatic carbocycles. The lowest BCUT2D eigenvalue weighted by Crippen LogP contribution is -2.42. The second kappa shape index (κ2) is 14.9. The van der Waals surface area contributed by atoms with E-state index in [1.54, 1.807) is 4.31 Å². The van der Waals surface area contributed by atoms with Gasteiger partial charge in [0.25, 0.3) is 0 Å². The Morgan fingerprint density at radius 3 is 2.43 bits per heavy atom. The first-order valence-electron chi connectivity index (χ1n) is 14.9. The number of hydrogen-bond acceptors (Lipinski definition) is 8. The Bertz CT molecular complexity index is 1550. The van der Waals surface area contributed by atoms with Gasteiger partial charge >= 0.3 is 11.9 Å². The largest absolute Gasteiger partial charge is 0.479 e. The molecule has 2 fully saturated rings. The van der Waals surface area contributed by atoms with Crippen LogP contribution in [-0.2, 0) is 25.3 Å². The molecule has 9 nitrogen and oxygen atoms in total. The zero-order valence-electron chi connectivity index (χ0n) is 24.4. The van der Waals surface area contributed by atoms with Crippen molar-refractivity contribution in [3.8, 4) is 16.2 Å². The van der Waals surface area contributed by atoms with Gasteiger partial charge in [-0.2, -0.15) is 0 Å². The molecule has 0 amide bonds. The minimum Gasteiger partial charge on any atom is -0.479 e. The van der Waals surface area contributed by atoms with Crippen molar-refractivity contribution in [3.63, 3.8) is 0 Å². The standard InChI is InChI=1S/C32H37BrN2O7S2/c33-28-29(42-20-27(36)41-19-22-8-3-1-4-9-22)31(32(37)38)43-30(28)24-12-7-13-26(18-24)34-25-14-16-35(17-15-25)44(39,40)21-23-10-5-2-6-11-23/h2,5-7,10-13,18,22,25,34H,1,3-4,8-9,14-17,19-21H2,(H,37,38). The number of thiophene rings is 1. The van der Waals surface area contributed by atoms with E-state index < -0.39 is 22.0 Å². The number of halogens is 1. The highest BCUT2D eigenvalue weighted by Gasteiger charge is 2.29. The van der Waals surface area contributed by atoms with E-state index in [9.17, 15) is 23.1 Å². The summed E-state index contributed by atoms with van der Waals surface area (Å²) in [6.45, 7) is 0.874. The number of esters is 1. The van der Waals surface area contributed by atoms with Crippen molar-refractivity contribution in [2.24, 2.45) is 5.92 Å². The smallest absolute Gasteiger partial charge is 0.349 e. The zero-order valence-corrected chi connectivity index (χ0v) is 27.6. The molecule has 5 rings (SSSR count). The Kier molecular flexibility index (Phi) is 11.0. The summed E-state index contributed by atoms with van der Waals surface area (Å²) in [6, 6.07) is 16.9. The molecule has 1 saturated heterocycles. The SMILES string of the molecule is O=C(COc1c(C(=O)O)sc(-c2cccc(NC3CCN(S(=O)(=O)Cc4ccccc4)CC3)c2)c1Br)OCC1CCCCC1. The summed E-state index contributed by atoms with van der Waals surface area (Å²) in [5.41, 5.74) is 2.41. The molecular formula is C32H37BrN2O7S2. The van der Waals surface area contributed by atoms with Crippen LogP contribution in [0.2, 0.25) is 0 Å². The summed E-state index contributed by atoms with van der Waals surface area (Å²) in [6.07, 6.45) is 6.97. The average molecular weight is 706 g/mol. The Morgan fingerprint density at radius 2 is 1.73 bits per heavy atom. The predicted molar refractivity (Wildman–Crippen MR) is 175 cm³/mol. The highest BCUT2D eigenvalue weighted by Crippen LogP contribution is 2.46. The molecule has 0 spiro atoms.